The number of likely N-dealkylation sites (tertiary alicyclic amines) is 1. The summed E-state index contributed by atoms with van der Waals surface area (Å²) in [5, 5.41) is 0. The minimum Gasteiger partial charge on any atom is -0.490 e. The molecule has 0 aliphatic carbocycles. The van der Waals surface area contributed by atoms with Gasteiger partial charge in [-0.2, -0.15) is 13.2 Å². The van der Waals surface area contributed by atoms with Gasteiger partial charge in [-0.3, -0.25) is 0 Å². The molecule has 3 rings (SSSR count). The van der Waals surface area contributed by atoms with E-state index in [0.29, 0.717) is 0 Å². The first-order valence-electron chi connectivity index (χ1n) is 9.75. The summed E-state index contributed by atoms with van der Waals surface area (Å²) < 4.78 is 49.0. The van der Waals surface area contributed by atoms with Gasteiger partial charge >= 0.3 is 6.18 Å². The average Bonchev–Trinajstić information content (AvgIpc) is 3.19. The molecule has 0 bridgehead atoms. The molecule has 0 aromatic heterocycles. The molecule has 1 aliphatic heterocycles. The number of aryl methyl sites for hydroxylation is 1. The Morgan fingerprint density at radius 2 is 1.54 bits per heavy atom. The van der Waals surface area contributed by atoms with E-state index < -0.39 is 11.7 Å². The predicted octanol–water partition coefficient (Wildman–Crippen LogP) is 5.19. The van der Waals surface area contributed by atoms with Crippen molar-refractivity contribution in [3.8, 4) is 11.5 Å². The number of ether oxygens (including phenoxy) is 2. The Bertz CT molecular complexity index is 725. The summed E-state index contributed by atoms with van der Waals surface area (Å²) in [5.41, 5.74) is 0.568. The third-order valence-electron chi connectivity index (χ3n) is 4.84. The highest BCUT2D eigenvalue weighted by molar-refractivity contribution is 5.30. The average molecular weight is 393 g/mol. The van der Waals surface area contributed by atoms with Crippen molar-refractivity contribution in [1.29, 1.82) is 0 Å². The summed E-state index contributed by atoms with van der Waals surface area (Å²) in [5.74, 6) is 0.919. The fourth-order valence-corrected chi connectivity index (χ4v) is 3.35. The van der Waals surface area contributed by atoms with Gasteiger partial charge in [0.1, 0.15) is 24.7 Å². The second kappa shape index (κ2) is 9.82. The van der Waals surface area contributed by atoms with Crippen LogP contribution in [0.15, 0.2) is 48.5 Å². The Labute approximate surface area is 164 Å². The first-order chi connectivity index (χ1) is 13.5. The lowest BCUT2D eigenvalue weighted by molar-refractivity contribution is -0.137. The third-order valence-corrected chi connectivity index (χ3v) is 4.84. The Morgan fingerprint density at radius 3 is 2.21 bits per heavy atom. The normalized spacial score (nSPS) is 15.0. The number of alkyl halides is 3. The predicted molar refractivity (Wildman–Crippen MR) is 103 cm³/mol. The van der Waals surface area contributed by atoms with Gasteiger partial charge in [-0.15, -0.1) is 0 Å². The Balaban J connectivity index is 1.36. The van der Waals surface area contributed by atoms with Crippen LogP contribution >= 0.6 is 0 Å². The quantitative estimate of drug-likeness (QED) is 0.547. The van der Waals surface area contributed by atoms with Crippen LogP contribution in [-0.4, -0.2) is 37.7 Å². The summed E-state index contributed by atoms with van der Waals surface area (Å²) in [6.07, 6.45) is 0.486. The van der Waals surface area contributed by atoms with Crippen LogP contribution in [0.3, 0.4) is 0 Å². The van der Waals surface area contributed by atoms with Gasteiger partial charge in [-0.1, -0.05) is 18.2 Å². The standard InChI is InChI=1S/C22H26F3NO2/c23-22(24,25)19-6-3-7-21(17-19)28-16-15-27-20-10-8-18(9-11-20)5-4-14-26-12-1-2-13-26/h3,6-11,17H,1-2,4-5,12-16H2. The first kappa shape index (κ1) is 20.5. The number of benzene rings is 2. The fourth-order valence-electron chi connectivity index (χ4n) is 3.35. The van der Waals surface area contributed by atoms with Gasteiger partial charge in [0.2, 0.25) is 0 Å². The SMILES string of the molecule is FC(F)(F)c1cccc(OCCOc2ccc(CCCN3CCCC3)cc2)c1. The monoisotopic (exact) mass is 393 g/mol. The van der Waals surface area contributed by atoms with Gasteiger partial charge in [0.25, 0.3) is 0 Å². The fraction of sp³-hybridized carbons (Fsp3) is 0.455. The van der Waals surface area contributed by atoms with Crippen LogP contribution in [0.5, 0.6) is 11.5 Å². The first-order valence-corrected chi connectivity index (χ1v) is 9.75. The van der Waals surface area contributed by atoms with Crippen molar-refractivity contribution in [3.63, 3.8) is 0 Å². The summed E-state index contributed by atoms with van der Waals surface area (Å²) in [7, 11) is 0. The molecule has 2 aromatic carbocycles. The molecule has 0 N–H and O–H groups in total. The van der Waals surface area contributed by atoms with Gasteiger partial charge in [0.15, 0.2) is 0 Å². The van der Waals surface area contributed by atoms with Crippen molar-refractivity contribution in [3.05, 3.63) is 59.7 Å². The van der Waals surface area contributed by atoms with E-state index in [1.165, 1.54) is 43.6 Å². The van der Waals surface area contributed by atoms with Crippen molar-refractivity contribution < 1.29 is 22.6 Å². The number of hydrogen-bond acceptors (Lipinski definition) is 3. The zero-order valence-corrected chi connectivity index (χ0v) is 15.9. The molecular formula is C22H26F3NO2. The molecule has 0 saturated carbocycles. The molecule has 1 heterocycles. The Kier molecular flexibility index (Phi) is 7.20. The molecule has 0 spiro atoms. The molecule has 1 aliphatic rings. The molecule has 0 radical (unpaired) electrons. The van der Waals surface area contributed by atoms with Gasteiger partial charge in [-0.25, -0.2) is 0 Å². The number of nitrogens with zero attached hydrogens (tertiary/aromatic N) is 1. The van der Waals surface area contributed by atoms with Crippen molar-refractivity contribution in [2.45, 2.75) is 31.9 Å². The van der Waals surface area contributed by atoms with Crippen molar-refractivity contribution >= 4 is 0 Å². The van der Waals surface area contributed by atoms with Crippen LogP contribution in [0.25, 0.3) is 0 Å². The molecule has 152 valence electrons. The molecule has 0 unspecified atom stereocenters. The summed E-state index contributed by atoms with van der Waals surface area (Å²) in [6, 6.07) is 12.8. The van der Waals surface area contributed by atoms with E-state index >= 15 is 0 Å². The minimum atomic E-state index is -4.37. The zero-order chi connectivity index (χ0) is 19.8. The van der Waals surface area contributed by atoms with Crippen molar-refractivity contribution in [2.24, 2.45) is 0 Å². The van der Waals surface area contributed by atoms with Crippen LogP contribution in [-0.2, 0) is 12.6 Å². The van der Waals surface area contributed by atoms with Gasteiger partial charge in [0.05, 0.1) is 5.56 Å². The highest BCUT2D eigenvalue weighted by atomic mass is 19.4. The lowest BCUT2D eigenvalue weighted by Crippen LogP contribution is -2.20. The molecule has 2 aromatic rings. The van der Waals surface area contributed by atoms with Gasteiger partial charge < -0.3 is 14.4 Å². The smallest absolute Gasteiger partial charge is 0.416 e. The molecular weight excluding hydrogens is 367 g/mol. The maximum atomic E-state index is 12.7. The third kappa shape index (κ3) is 6.44. The van der Waals surface area contributed by atoms with Crippen LogP contribution in [0.2, 0.25) is 0 Å². The maximum absolute atomic E-state index is 12.7. The van der Waals surface area contributed by atoms with E-state index in [1.54, 1.807) is 0 Å². The highest BCUT2D eigenvalue weighted by Gasteiger charge is 2.30. The molecule has 28 heavy (non-hydrogen) atoms. The van der Waals surface area contributed by atoms with Gasteiger partial charge in [-0.05, 0) is 81.2 Å². The highest BCUT2D eigenvalue weighted by Crippen LogP contribution is 2.31. The van der Waals surface area contributed by atoms with E-state index in [9.17, 15) is 13.2 Å². The van der Waals surface area contributed by atoms with Crippen LogP contribution in [0.1, 0.15) is 30.4 Å². The zero-order valence-electron chi connectivity index (χ0n) is 15.9. The van der Waals surface area contributed by atoms with Crippen LogP contribution in [0, 0.1) is 0 Å². The Hall–Kier alpha value is -2.21. The minimum absolute atomic E-state index is 0.179. The molecule has 0 amide bonds. The maximum Gasteiger partial charge on any atom is 0.416 e. The largest absolute Gasteiger partial charge is 0.490 e. The van der Waals surface area contributed by atoms with E-state index in [2.05, 4.69) is 17.0 Å². The lowest BCUT2D eigenvalue weighted by Gasteiger charge is -2.14. The molecule has 0 atom stereocenters. The van der Waals surface area contributed by atoms with E-state index in [1.807, 2.05) is 12.1 Å². The number of rotatable bonds is 9. The van der Waals surface area contributed by atoms with Crippen molar-refractivity contribution in [2.75, 3.05) is 32.8 Å². The molecule has 1 saturated heterocycles. The Morgan fingerprint density at radius 1 is 0.857 bits per heavy atom. The van der Waals surface area contributed by atoms with Crippen LogP contribution < -0.4 is 9.47 Å². The second-order valence-electron chi connectivity index (χ2n) is 7.02. The molecule has 3 nitrogen and oxygen atoms in total. The van der Waals surface area contributed by atoms with Gasteiger partial charge in [0, 0.05) is 0 Å². The lowest BCUT2D eigenvalue weighted by atomic mass is 10.1. The number of halogens is 3. The van der Waals surface area contributed by atoms with Crippen LogP contribution in [0.4, 0.5) is 13.2 Å². The summed E-state index contributed by atoms with van der Waals surface area (Å²) >= 11 is 0. The van der Waals surface area contributed by atoms with E-state index in [0.717, 1.165) is 37.3 Å². The molecule has 6 heteroatoms. The second-order valence-corrected chi connectivity index (χ2v) is 7.02. The molecule has 1 fully saturated rings. The van der Waals surface area contributed by atoms with E-state index in [4.69, 9.17) is 9.47 Å². The van der Waals surface area contributed by atoms with Crippen molar-refractivity contribution in [1.82, 2.24) is 4.90 Å². The summed E-state index contributed by atoms with van der Waals surface area (Å²) in [6.45, 7) is 4.07. The number of hydrogen-bond donors (Lipinski definition) is 0. The van der Waals surface area contributed by atoms with E-state index in [-0.39, 0.29) is 19.0 Å². The topological polar surface area (TPSA) is 21.7 Å². The summed E-state index contributed by atoms with van der Waals surface area (Å²) in [4.78, 5) is 2.52.